The van der Waals surface area contributed by atoms with Gasteiger partial charge in [0, 0.05) is 29.9 Å². The number of nitrogens with zero attached hydrogens (tertiary/aromatic N) is 5. The quantitative estimate of drug-likeness (QED) is 0.729. The Labute approximate surface area is 166 Å². The van der Waals surface area contributed by atoms with Gasteiger partial charge in [-0.1, -0.05) is 0 Å². The second-order valence-corrected chi connectivity index (χ2v) is 8.11. The van der Waals surface area contributed by atoms with Crippen LogP contribution < -0.4 is 5.32 Å². The molecule has 146 valence electrons. The molecule has 0 aromatic carbocycles. The Morgan fingerprint density at radius 1 is 1.36 bits per heavy atom. The second kappa shape index (κ2) is 7.31. The molecule has 3 aromatic rings. The summed E-state index contributed by atoms with van der Waals surface area (Å²) < 4.78 is 1.82. The van der Waals surface area contributed by atoms with Gasteiger partial charge < -0.3 is 10.2 Å². The van der Waals surface area contributed by atoms with Gasteiger partial charge >= 0.3 is 0 Å². The van der Waals surface area contributed by atoms with Crippen molar-refractivity contribution in [3.8, 4) is 0 Å². The molecular formula is C19H22N6O2S. The van der Waals surface area contributed by atoms with E-state index in [4.69, 9.17) is 0 Å². The number of hydrogen-bond acceptors (Lipinski definition) is 6. The molecule has 1 N–H and O–H groups in total. The Hall–Kier alpha value is -2.81. The minimum Gasteiger partial charge on any atom is -0.327 e. The predicted octanol–water partition coefficient (Wildman–Crippen LogP) is 3.02. The highest BCUT2D eigenvalue weighted by Crippen LogP contribution is 2.27. The van der Waals surface area contributed by atoms with Gasteiger partial charge in [-0.3, -0.25) is 9.59 Å². The van der Waals surface area contributed by atoms with Crippen LogP contribution in [0.2, 0.25) is 0 Å². The average Bonchev–Trinajstić information content (AvgIpc) is 3.39. The summed E-state index contributed by atoms with van der Waals surface area (Å²) in [7, 11) is 0. The number of fused-ring (bicyclic) bond motifs is 1. The summed E-state index contributed by atoms with van der Waals surface area (Å²) in [6.07, 6.45) is 4.76. The maximum Gasteiger partial charge on any atom is 0.255 e. The highest BCUT2D eigenvalue weighted by Gasteiger charge is 2.35. The van der Waals surface area contributed by atoms with Crippen molar-refractivity contribution in [2.75, 3.05) is 11.9 Å². The van der Waals surface area contributed by atoms with Crippen LogP contribution in [-0.4, -0.2) is 49.0 Å². The zero-order chi connectivity index (χ0) is 19.8. The van der Waals surface area contributed by atoms with Gasteiger partial charge in [0.15, 0.2) is 10.8 Å². The van der Waals surface area contributed by atoms with Crippen molar-refractivity contribution in [2.45, 2.75) is 45.7 Å². The topological polar surface area (TPSA) is 93.0 Å². The van der Waals surface area contributed by atoms with Gasteiger partial charge in [0.1, 0.15) is 6.04 Å². The molecule has 9 heteroatoms. The van der Waals surface area contributed by atoms with Gasteiger partial charge in [0.25, 0.3) is 5.91 Å². The van der Waals surface area contributed by atoms with Crippen molar-refractivity contribution >= 4 is 39.3 Å². The summed E-state index contributed by atoms with van der Waals surface area (Å²) in [5.74, 6) is -0.351. The first kappa shape index (κ1) is 18.5. The van der Waals surface area contributed by atoms with Crippen LogP contribution in [0.3, 0.4) is 0 Å². The average molecular weight is 398 g/mol. The van der Waals surface area contributed by atoms with Crippen molar-refractivity contribution < 1.29 is 9.59 Å². The van der Waals surface area contributed by atoms with Crippen LogP contribution in [0.5, 0.6) is 0 Å². The lowest BCUT2D eigenvalue weighted by molar-refractivity contribution is -0.119. The monoisotopic (exact) mass is 398 g/mol. The number of aryl methyl sites for hydroxylation is 1. The Morgan fingerprint density at radius 3 is 2.89 bits per heavy atom. The van der Waals surface area contributed by atoms with Crippen molar-refractivity contribution in [2.24, 2.45) is 0 Å². The van der Waals surface area contributed by atoms with E-state index in [1.807, 2.05) is 25.5 Å². The van der Waals surface area contributed by atoms with Crippen molar-refractivity contribution in [1.29, 1.82) is 0 Å². The Bertz CT molecular complexity index is 1030. The standard InChI is InChI=1S/C19H22N6O2S/c1-11(2)25-16-14(10-21-25)13(9-12(3)22-16)18(27)24-7-4-5-15(24)17(26)23-19-20-6-8-28-19/h6,8-11,15H,4-5,7H2,1-3H3,(H,20,23,26). The highest BCUT2D eigenvalue weighted by molar-refractivity contribution is 7.13. The third-order valence-electron chi connectivity index (χ3n) is 4.89. The Kier molecular flexibility index (Phi) is 4.84. The van der Waals surface area contributed by atoms with E-state index in [-0.39, 0.29) is 17.9 Å². The third-order valence-corrected chi connectivity index (χ3v) is 5.58. The first-order valence-electron chi connectivity index (χ1n) is 9.32. The lowest BCUT2D eigenvalue weighted by atomic mass is 10.1. The molecule has 0 saturated carbocycles. The number of carbonyl (C=O) groups excluding carboxylic acids is 2. The molecule has 0 spiro atoms. The van der Waals surface area contributed by atoms with Crippen LogP contribution in [0, 0.1) is 6.92 Å². The summed E-state index contributed by atoms with van der Waals surface area (Å²) in [6, 6.07) is 1.42. The molecule has 2 amide bonds. The molecule has 0 radical (unpaired) electrons. The lowest BCUT2D eigenvalue weighted by Crippen LogP contribution is -2.43. The number of amides is 2. The number of nitrogens with one attached hydrogen (secondary N) is 1. The van der Waals surface area contributed by atoms with Crippen LogP contribution in [-0.2, 0) is 4.79 Å². The normalized spacial score (nSPS) is 16.9. The van der Waals surface area contributed by atoms with Crippen LogP contribution in [0.15, 0.2) is 23.8 Å². The molecule has 1 atom stereocenters. The van der Waals surface area contributed by atoms with E-state index < -0.39 is 6.04 Å². The number of aromatic nitrogens is 4. The number of thiazole rings is 1. The maximum atomic E-state index is 13.4. The Morgan fingerprint density at radius 2 is 2.18 bits per heavy atom. The summed E-state index contributed by atoms with van der Waals surface area (Å²) in [4.78, 5) is 36.4. The summed E-state index contributed by atoms with van der Waals surface area (Å²) in [6.45, 7) is 6.47. The zero-order valence-electron chi connectivity index (χ0n) is 16.0. The van der Waals surface area contributed by atoms with Crippen LogP contribution >= 0.6 is 11.3 Å². The Balaban J connectivity index is 1.66. The first-order valence-corrected chi connectivity index (χ1v) is 10.2. The van der Waals surface area contributed by atoms with Crippen LogP contribution in [0.25, 0.3) is 11.0 Å². The van der Waals surface area contributed by atoms with Gasteiger partial charge in [0.05, 0.1) is 17.1 Å². The molecule has 0 aliphatic carbocycles. The van der Waals surface area contributed by atoms with Crippen LogP contribution in [0.4, 0.5) is 5.13 Å². The van der Waals surface area contributed by atoms with E-state index in [0.29, 0.717) is 29.3 Å². The molecule has 28 heavy (non-hydrogen) atoms. The molecule has 1 aliphatic heterocycles. The fourth-order valence-electron chi connectivity index (χ4n) is 3.61. The molecular weight excluding hydrogens is 376 g/mol. The summed E-state index contributed by atoms with van der Waals surface area (Å²) >= 11 is 1.36. The molecule has 4 heterocycles. The second-order valence-electron chi connectivity index (χ2n) is 7.21. The number of rotatable bonds is 4. The van der Waals surface area contributed by atoms with E-state index in [1.54, 1.807) is 28.7 Å². The van der Waals surface area contributed by atoms with E-state index in [2.05, 4.69) is 20.4 Å². The number of hydrogen-bond donors (Lipinski definition) is 1. The lowest BCUT2D eigenvalue weighted by Gasteiger charge is -2.24. The molecule has 1 fully saturated rings. The summed E-state index contributed by atoms with van der Waals surface area (Å²) in [5, 5.41) is 10.3. The minimum atomic E-state index is -0.500. The van der Waals surface area contributed by atoms with Gasteiger partial charge in [-0.05, 0) is 39.7 Å². The van der Waals surface area contributed by atoms with Crippen molar-refractivity contribution in [3.05, 3.63) is 35.1 Å². The minimum absolute atomic E-state index is 0.137. The molecule has 0 bridgehead atoms. The van der Waals surface area contributed by atoms with Crippen molar-refractivity contribution in [1.82, 2.24) is 24.6 Å². The van der Waals surface area contributed by atoms with E-state index in [0.717, 1.165) is 17.5 Å². The fraction of sp³-hybridized carbons (Fsp3) is 0.421. The van der Waals surface area contributed by atoms with Gasteiger partial charge in [-0.2, -0.15) is 5.10 Å². The third kappa shape index (κ3) is 3.26. The maximum absolute atomic E-state index is 13.4. The highest BCUT2D eigenvalue weighted by atomic mass is 32.1. The van der Waals surface area contributed by atoms with Gasteiger partial charge in [0.2, 0.25) is 5.91 Å². The zero-order valence-corrected chi connectivity index (χ0v) is 16.9. The smallest absolute Gasteiger partial charge is 0.255 e. The first-order chi connectivity index (χ1) is 13.5. The number of carbonyl (C=O) groups is 2. The van der Waals surface area contributed by atoms with E-state index in [1.165, 1.54) is 11.3 Å². The van der Waals surface area contributed by atoms with Crippen molar-refractivity contribution in [3.63, 3.8) is 0 Å². The largest absolute Gasteiger partial charge is 0.327 e. The van der Waals surface area contributed by atoms with E-state index >= 15 is 0 Å². The van der Waals surface area contributed by atoms with Gasteiger partial charge in [-0.15, -0.1) is 11.3 Å². The molecule has 4 rings (SSSR count). The SMILES string of the molecule is Cc1cc(C(=O)N2CCCC2C(=O)Nc2nccs2)c2cnn(C(C)C)c2n1. The number of pyridine rings is 1. The van der Waals surface area contributed by atoms with Crippen LogP contribution in [0.1, 0.15) is 48.8 Å². The number of likely N-dealkylation sites (tertiary alicyclic amines) is 1. The van der Waals surface area contributed by atoms with Gasteiger partial charge in [-0.25, -0.2) is 14.6 Å². The molecule has 1 aliphatic rings. The predicted molar refractivity (Wildman–Crippen MR) is 107 cm³/mol. The molecule has 3 aromatic heterocycles. The molecule has 1 saturated heterocycles. The molecule has 1 unspecified atom stereocenters. The fourth-order valence-corrected chi connectivity index (χ4v) is 4.14. The summed E-state index contributed by atoms with van der Waals surface area (Å²) in [5.41, 5.74) is 1.99. The number of anilines is 1. The molecule has 8 nitrogen and oxygen atoms in total. The van der Waals surface area contributed by atoms with E-state index in [9.17, 15) is 9.59 Å².